The Balaban J connectivity index is 2.09. The Morgan fingerprint density at radius 2 is 1.94 bits per heavy atom. The van der Waals surface area contributed by atoms with E-state index in [1.54, 1.807) is 0 Å². The number of nitrogens with zero attached hydrogens (tertiary/aromatic N) is 2. The zero-order valence-electron chi connectivity index (χ0n) is 9.98. The van der Waals surface area contributed by atoms with Gasteiger partial charge >= 0.3 is 0 Å². The van der Waals surface area contributed by atoms with Crippen LogP contribution in [0.15, 0.2) is 47.1 Å². The zero-order chi connectivity index (χ0) is 11.4. The Labute approximate surface area is 97.3 Å². The minimum atomic E-state index is 0.895. The molecule has 0 fully saturated rings. The highest BCUT2D eigenvalue weighted by molar-refractivity contribution is 5.93. The van der Waals surface area contributed by atoms with E-state index in [1.165, 1.54) is 11.3 Å². The monoisotopic (exact) mass is 214 g/mol. The van der Waals surface area contributed by atoms with Crippen LogP contribution in [-0.4, -0.2) is 23.7 Å². The summed E-state index contributed by atoms with van der Waals surface area (Å²) in [6, 6.07) is 10.6. The topological polar surface area (TPSA) is 15.6 Å². The summed E-state index contributed by atoms with van der Waals surface area (Å²) in [5.74, 6) is 0. The molecule has 0 atom stereocenters. The summed E-state index contributed by atoms with van der Waals surface area (Å²) in [5.41, 5.74) is 3.80. The molecule has 0 aliphatic carbocycles. The van der Waals surface area contributed by atoms with Crippen LogP contribution in [0.2, 0.25) is 0 Å². The first kappa shape index (κ1) is 10.9. The van der Waals surface area contributed by atoms with Crippen LogP contribution < -0.4 is 0 Å². The lowest BCUT2D eigenvalue weighted by Crippen LogP contribution is -2.23. The van der Waals surface area contributed by atoms with Gasteiger partial charge in [-0.3, -0.25) is 4.99 Å². The maximum atomic E-state index is 4.46. The van der Waals surface area contributed by atoms with Gasteiger partial charge in [-0.2, -0.15) is 0 Å². The molecule has 0 saturated carbocycles. The van der Waals surface area contributed by atoms with Crippen molar-refractivity contribution in [2.75, 3.05) is 13.1 Å². The van der Waals surface area contributed by atoms with Crippen LogP contribution in [-0.2, 0) is 6.54 Å². The van der Waals surface area contributed by atoms with Crippen LogP contribution in [0, 0.1) is 0 Å². The van der Waals surface area contributed by atoms with Gasteiger partial charge in [0.15, 0.2) is 0 Å². The molecule has 0 unspecified atom stereocenters. The molecular weight excluding hydrogens is 196 g/mol. The van der Waals surface area contributed by atoms with Gasteiger partial charge in [0.05, 0.1) is 6.54 Å². The SMILES string of the molecule is CC1=CC(C)=NCCN1Cc1ccccc1. The molecule has 0 radical (unpaired) electrons. The van der Waals surface area contributed by atoms with Crippen LogP contribution in [0.1, 0.15) is 19.4 Å². The van der Waals surface area contributed by atoms with Gasteiger partial charge in [0.2, 0.25) is 0 Å². The highest BCUT2D eigenvalue weighted by Gasteiger charge is 2.08. The predicted molar refractivity (Wildman–Crippen MR) is 68.6 cm³/mol. The molecule has 0 aromatic heterocycles. The second-order valence-corrected chi connectivity index (χ2v) is 4.22. The number of hydrogen-bond donors (Lipinski definition) is 0. The molecule has 0 amide bonds. The fourth-order valence-electron chi connectivity index (χ4n) is 1.97. The van der Waals surface area contributed by atoms with Crippen molar-refractivity contribution in [1.82, 2.24) is 4.90 Å². The highest BCUT2D eigenvalue weighted by Crippen LogP contribution is 2.12. The molecule has 16 heavy (non-hydrogen) atoms. The van der Waals surface area contributed by atoms with Gasteiger partial charge < -0.3 is 4.90 Å². The maximum Gasteiger partial charge on any atom is 0.0568 e. The van der Waals surface area contributed by atoms with Gasteiger partial charge in [-0.1, -0.05) is 30.3 Å². The summed E-state index contributed by atoms with van der Waals surface area (Å²) in [4.78, 5) is 6.85. The van der Waals surface area contributed by atoms with Crippen molar-refractivity contribution in [3.63, 3.8) is 0 Å². The summed E-state index contributed by atoms with van der Waals surface area (Å²) in [7, 11) is 0. The molecule has 2 heteroatoms. The van der Waals surface area contributed by atoms with E-state index in [0.717, 1.165) is 25.3 Å². The zero-order valence-corrected chi connectivity index (χ0v) is 9.98. The van der Waals surface area contributed by atoms with Gasteiger partial charge in [-0.25, -0.2) is 0 Å². The molecule has 1 aromatic rings. The first-order valence-electron chi connectivity index (χ1n) is 5.74. The minimum Gasteiger partial charge on any atom is -0.369 e. The number of hydrogen-bond acceptors (Lipinski definition) is 2. The van der Waals surface area contributed by atoms with E-state index in [9.17, 15) is 0 Å². The van der Waals surface area contributed by atoms with E-state index in [4.69, 9.17) is 0 Å². The second kappa shape index (κ2) is 4.97. The normalized spacial score (nSPS) is 16.5. The lowest BCUT2D eigenvalue weighted by molar-refractivity contribution is 0.350. The van der Waals surface area contributed by atoms with E-state index in [1.807, 2.05) is 0 Å². The van der Waals surface area contributed by atoms with Crippen molar-refractivity contribution in [3.05, 3.63) is 47.7 Å². The number of aliphatic imine (C=N–C) groups is 1. The number of rotatable bonds is 2. The number of allylic oxidation sites excluding steroid dienone is 2. The third-order valence-electron chi connectivity index (χ3n) is 2.86. The summed E-state index contributed by atoms with van der Waals surface area (Å²) < 4.78 is 0. The molecular formula is C14H18N2. The summed E-state index contributed by atoms with van der Waals surface area (Å²) in [6.07, 6.45) is 2.16. The number of benzene rings is 1. The molecule has 2 rings (SSSR count). The molecule has 2 nitrogen and oxygen atoms in total. The molecule has 84 valence electrons. The average Bonchev–Trinajstić information content (AvgIpc) is 2.43. The Morgan fingerprint density at radius 3 is 2.69 bits per heavy atom. The van der Waals surface area contributed by atoms with E-state index in [2.05, 4.69) is 60.1 Å². The van der Waals surface area contributed by atoms with Crippen LogP contribution in [0.3, 0.4) is 0 Å². The first-order chi connectivity index (χ1) is 7.75. The predicted octanol–water partition coefficient (Wildman–Crippen LogP) is 2.87. The summed E-state index contributed by atoms with van der Waals surface area (Å²) in [6.45, 7) is 7.11. The molecule has 1 aliphatic rings. The lowest BCUT2D eigenvalue weighted by atomic mass is 10.2. The average molecular weight is 214 g/mol. The molecule has 1 heterocycles. The second-order valence-electron chi connectivity index (χ2n) is 4.22. The molecule has 1 aliphatic heterocycles. The molecule has 0 bridgehead atoms. The van der Waals surface area contributed by atoms with E-state index >= 15 is 0 Å². The minimum absolute atomic E-state index is 0.895. The van der Waals surface area contributed by atoms with Crippen LogP contribution in [0.5, 0.6) is 0 Å². The van der Waals surface area contributed by atoms with Gasteiger partial charge in [0, 0.05) is 24.5 Å². The Bertz CT molecular complexity index is 404. The molecule has 0 spiro atoms. The highest BCUT2D eigenvalue weighted by atomic mass is 15.1. The van der Waals surface area contributed by atoms with E-state index in [0.29, 0.717) is 0 Å². The molecule has 1 aromatic carbocycles. The van der Waals surface area contributed by atoms with Gasteiger partial charge in [0.25, 0.3) is 0 Å². The van der Waals surface area contributed by atoms with Gasteiger partial charge in [-0.15, -0.1) is 0 Å². The standard InChI is InChI=1S/C14H18N2/c1-12-10-13(2)16(9-8-15-12)11-14-6-4-3-5-7-14/h3-7,10H,8-9,11H2,1-2H3. The smallest absolute Gasteiger partial charge is 0.0568 e. The van der Waals surface area contributed by atoms with E-state index in [-0.39, 0.29) is 0 Å². The molecule has 0 N–H and O–H groups in total. The molecule has 0 saturated heterocycles. The van der Waals surface area contributed by atoms with Crippen molar-refractivity contribution < 1.29 is 0 Å². The van der Waals surface area contributed by atoms with Crippen molar-refractivity contribution in [3.8, 4) is 0 Å². The lowest BCUT2D eigenvalue weighted by Gasteiger charge is -2.23. The fourth-order valence-corrected chi connectivity index (χ4v) is 1.97. The van der Waals surface area contributed by atoms with Crippen molar-refractivity contribution in [2.24, 2.45) is 4.99 Å². The van der Waals surface area contributed by atoms with Gasteiger partial charge in [0.1, 0.15) is 0 Å². The third kappa shape index (κ3) is 2.72. The van der Waals surface area contributed by atoms with Gasteiger partial charge in [-0.05, 0) is 25.5 Å². The Morgan fingerprint density at radius 1 is 1.19 bits per heavy atom. The third-order valence-corrected chi connectivity index (χ3v) is 2.86. The van der Waals surface area contributed by atoms with E-state index < -0.39 is 0 Å². The first-order valence-corrected chi connectivity index (χ1v) is 5.74. The fraction of sp³-hybridized carbons (Fsp3) is 0.357. The summed E-state index contributed by atoms with van der Waals surface area (Å²) >= 11 is 0. The van der Waals surface area contributed by atoms with Crippen LogP contribution in [0.4, 0.5) is 0 Å². The largest absolute Gasteiger partial charge is 0.369 e. The van der Waals surface area contributed by atoms with Crippen LogP contribution >= 0.6 is 0 Å². The Kier molecular flexibility index (Phi) is 3.40. The van der Waals surface area contributed by atoms with Crippen LogP contribution in [0.25, 0.3) is 0 Å². The maximum absolute atomic E-state index is 4.46. The quantitative estimate of drug-likeness (QED) is 0.739. The Hall–Kier alpha value is -1.57. The van der Waals surface area contributed by atoms with Crippen molar-refractivity contribution >= 4 is 5.71 Å². The van der Waals surface area contributed by atoms with Crippen molar-refractivity contribution in [2.45, 2.75) is 20.4 Å². The van der Waals surface area contributed by atoms with Crippen molar-refractivity contribution in [1.29, 1.82) is 0 Å². The summed E-state index contributed by atoms with van der Waals surface area (Å²) in [5, 5.41) is 0.